The number of carbonyl (C=O) groups is 1. The van der Waals surface area contributed by atoms with E-state index < -0.39 is 0 Å². The van der Waals surface area contributed by atoms with Crippen LogP contribution in [0.4, 0.5) is 0 Å². The van der Waals surface area contributed by atoms with E-state index in [2.05, 4.69) is 6.92 Å². The normalized spacial score (nSPS) is 12.5. The Labute approximate surface area is 92.8 Å². The number of unbranched alkanes of at least 4 members (excludes halogenated alkanes) is 3. The number of aliphatic hydroxyl groups is 1. The van der Waals surface area contributed by atoms with Crippen LogP contribution in [0.3, 0.4) is 0 Å². The van der Waals surface area contributed by atoms with Gasteiger partial charge < -0.3 is 9.84 Å². The number of ether oxygens (including phenoxy) is 1. The molecule has 0 heterocycles. The molecule has 0 aliphatic heterocycles. The lowest BCUT2D eigenvalue weighted by Crippen LogP contribution is -2.09. The van der Waals surface area contributed by atoms with E-state index in [9.17, 15) is 9.90 Å². The second kappa shape index (κ2) is 9.97. The van der Waals surface area contributed by atoms with Crippen LogP contribution in [0.5, 0.6) is 0 Å². The van der Waals surface area contributed by atoms with Crippen molar-refractivity contribution in [1.29, 1.82) is 0 Å². The van der Waals surface area contributed by atoms with Gasteiger partial charge in [0.15, 0.2) is 0 Å². The van der Waals surface area contributed by atoms with Gasteiger partial charge >= 0.3 is 5.97 Å². The van der Waals surface area contributed by atoms with Crippen LogP contribution in [0.2, 0.25) is 0 Å². The lowest BCUT2D eigenvalue weighted by Gasteiger charge is -2.09. The van der Waals surface area contributed by atoms with Gasteiger partial charge in [0.2, 0.25) is 0 Å². The van der Waals surface area contributed by atoms with Gasteiger partial charge in [0.25, 0.3) is 0 Å². The zero-order chi connectivity index (χ0) is 11.5. The lowest BCUT2D eigenvalue weighted by atomic mass is 10.1. The van der Waals surface area contributed by atoms with E-state index in [1.54, 1.807) is 0 Å². The molecule has 0 spiro atoms. The van der Waals surface area contributed by atoms with Gasteiger partial charge in [-0.15, -0.1) is 0 Å². The number of carbonyl (C=O) groups excluding carboxylic acids is 1. The highest BCUT2D eigenvalue weighted by atomic mass is 16.5. The van der Waals surface area contributed by atoms with Crippen molar-refractivity contribution in [3.63, 3.8) is 0 Å². The van der Waals surface area contributed by atoms with Crippen LogP contribution in [0, 0.1) is 0 Å². The Morgan fingerprint density at radius 2 is 1.87 bits per heavy atom. The van der Waals surface area contributed by atoms with Gasteiger partial charge in [0.1, 0.15) is 0 Å². The monoisotopic (exact) mass is 216 g/mol. The predicted octanol–water partition coefficient (Wildman–Crippen LogP) is 2.66. The molecule has 15 heavy (non-hydrogen) atoms. The summed E-state index contributed by atoms with van der Waals surface area (Å²) < 4.78 is 4.79. The molecule has 1 N–H and O–H groups in total. The standard InChI is InChI=1S/C12H24O3/c1-3-4-5-6-8-12(14)9-7-10-15-11(2)13/h12,14H,3-10H2,1-2H3. The van der Waals surface area contributed by atoms with Gasteiger partial charge in [0, 0.05) is 6.92 Å². The summed E-state index contributed by atoms with van der Waals surface area (Å²) in [6.45, 7) is 4.01. The Balaban J connectivity index is 3.18. The van der Waals surface area contributed by atoms with Crippen molar-refractivity contribution in [3.05, 3.63) is 0 Å². The van der Waals surface area contributed by atoms with Gasteiger partial charge in [-0.05, 0) is 19.3 Å². The lowest BCUT2D eigenvalue weighted by molar-refractivity contribution is -0.141. The quantitative estimate of drug-likeness (QED) is 0.476. The summed E-state index contributed by atoms with van der Waals surface area (Å²) in [6, 6.07) is 0. The van der Waals surface area contributed by atoms with Crippen LogP contribution in [-0.4, -0.2) is 23.8 Å². The van der Waals surface area contributed by atoms with Crippen LogP contribution < -0.4 is 0 Å². The summed E-state index contributed by atoms with van der Waals surface area (Å²) in [6.07, 6.45) is 6.92. The number of aliphatic hydroxyl groups excluding tert-OH is 1. The molecule has 90 valence electrons. The minimum absolute atomic E-state index is 0.225. The van der Waals surface area contributed by atoms with Gasteiger partial charge in [-0.25, -0.2) is 0 Å². The minimum atomic E-state index is -0.243. The Morgan fingerprint density at radius 3 is 2.47 bits per heavy atom. The fourth-order valence-corrected chi connectivity index (χ4v) is 1.49. The molecule has 3 nitrogen and oxygen atoms in total. The summed E-state index contributed by atoms with van der Waals surface area (Å²) >= 11 is 0. The fraction of sp³-hybridized carbons (Fsp3) is 0.917. The van der Waals surface area contributed by atoms with E-state index in [1.807, 2.05) is 0 Å². The number of esters is 1. The summed E-state index contributed by atoms with van der Waals surface area (Å²) in [4.78, 5) is 10.4. The molecule has 0 aliphatic rings. The van der Waals surface area contributed by atoms with Gasteiger partial charge in [-0.1, -0.05) is 32.6 Å². The third-order valence-electron chi connectivity index (χ3n) is 2.38. The van der Waals surface area contributed by atoms with Crippen molar-refractivity contribution in [2.45, 2.75) is 64.9 Å². The first kappa shape index (κ1) is 14.4. The third kappa shape index (κ3) is 11.4. The molecule has 1 unspecified atom stereocenters. The van der Waals surface area contributed by atoms with E-state index >= 15 is 0 Å². The summed E-state index contributed by atoms with van der Waals surface area (Å²) in [5.74, 6) is -0.243. The van der Waals surface area contributed by atoms with E-state index in [0.29, 0.717) is 6.61 Å². The van der Waals surface area contributed by atoms with Crippen molar-refractivity contribution in [2.75, 3.05) is 6.61 Å². The third-order valence-corrected chi connectivity index (χ3v) is 2.38. The number of hydrogen-bond acceptors (Lipinski definition) is 3. The maximum absolute atomic E-state index is 10.4. The molecular formula is C12H24O3. The second-order valence-electron chi connectivity index (χ2n) is 3.99. The van der Waals surface area contributed by atoms with Crippen LogP contribution in [0.1, 0.15) is 58.8 Å². The highest BCUT2D eigenvalue weighted by Crippen LogP contribution is 2.09. The Morgan fingerprint density at radius 1 is 1.20 bits per heavy atom. The molecule has 0 radical (unpaired) electrons. The summed E-state index contributed by atoms with van der Waals surface area (Å²) in [5, 5.41) is 9.57. The molecule has 0 rings (SSSR count). The van der Waals surface area contributed by atoms with Crippen LogP contribution in [0.15, 0.2) is 0 Å². The van der Waals surface area contributed by atoms with Gasteiger partial charge in [-0.3, -0.25) is 4.79 Å². The molecule has 0 amide bonds. The van der Waals surface area contributed by atoms with Crippen molar-refractivity contribution in [2.24, 2.45) is 0 Å². The van der Waals surface area contributed by atoms with Gasteiger partial charge in [0.05, 0.1) is 12.7 Å². The molecule has 0 saturated heterocycles. The molecule has 1 atom stereocenters. The predicted molar refractivity (Wildman–Crippen MR) is 60.6 cm³/mol. The average Bonchev–Trinajstić information content (AvgIpc) is 2.19. The Hall–Kier alpha value is -0.570. The molecule has 0 aromatic carbocycles. The SMILES string of the molecule is CCCCCCC(O)CCCOC(C)=O. The molecule has 0 fully saturated rings. The summed E-state index contributed by atoms with van der Waals surface area (Å²) in [7, 11) is 0. The molecule has 0 aromatic heterocycles. The molecule has 0 saturated carbocycles. The largest absolute Gasteiger partial charge is 0.466 e. The number of rotatable bonds is 9. The molecule has 0 aromatic rings. The number of hydrogen-bond donors (Lipinski definition) is 1. The maximum Gasteiger partial charge on any atom is 0.302 e. The van der Waals surface area contributed by atoms with Crippen LogP contribution >= 0.6 is 0 Å². The van der Waals surface area contributed by atoms with Crippen molar-refractivity contribution < 1.29 is 14.6 Å². The Bertz CT molecular complexity index is 157. The summed E-state index contributed by atoms with van der Waals surface area (Å²) in [5.41, 5.74) is 0. The average molecular weight is 216 g/mol. The van der Waals surface area contributed by atoms with Crippen molar-refractivity contribution in [1.82, 2.24) is 0 Å². The Kier molecular flexibility index (Phi) is 9.59. The van der Waals surface area contributed by atoms with E-state index in [1.165, 1.54) is 26.2 Å². The molecule has 0 bridgehead atoms. The molecule has 3 heteroatoms. The highest BCUT2D eigenvalue weighted by molar-refractivity contribution is 5.65. The second-order valence-corrected chi connectivity index (χ2v) is 3.99. The van der Waals surface area contributed by atoms with Crippen LogP contribution in [-0.2, 0) is 9.53 Å². The van der Waals surface area contributed by atoms with E-state index in [4.69, 9.17) is 4.74 Å². The first-order valence-corrected chi connectivity index (χ1v) is 5.98. The highest BCUT2D eigenvalue weighted by Gasteiger charge is 2.03. The molecular weight excluding hydrogens is 192 g/mol. The maximum atomic E-state index is 10.4. The zero-order valence-electron chi connectivity index (χ0n) is 10.00. The van der Waals surface area contributed by atoms with E-state index in [-0.39, 0.29) is 12.1 Å². The molecule has 0 aliphatic carbocycles. The smallest absolute Gasteiger partial charge is 0.302 e. The topological polar surface area (TPSA) is 46.5 Å². The van der Waals surface area contributed by atoms with Crippen molar-refractivity contribution in [3.8, 4) is 0 Å². The first-order valence-electron chi connectivity index (χ1n) is 5.98. The zero-order valence-corrected chi connectivity index (χ0v) is 10.00. The first-order chi connectivity index (χ1) is 7.16. The van der Waals surface area contributed by atoms with E-state index in [0.717, 1.165) is 25.7 Å². The minimum Gasteiger partial charge on any atom is -0.466 e. The van der Waals surface area contributed by atoms with Gasteiger partial charge in [-0.2, -0.15) is 0 Å². The fourth-order valence-electron chi connectivity index (χ4n) is 1.49. The van der Waals surface area contributed by atoms with Crippen molar-refractivity contribution >= 4 is 5.97 Å². The van der Waals surface area contributed by atoms with Crippen LogP contribution in [0.25, 0.3) is 0 Å².